The van der Waals surface area contributed by atoms with Crippen molar-refractivity contribution in [3.05, 3.63) is 16.1 Å². The number of unbranched alkanes of at least 4 members (excludes halogenated alkanes) is 1. The third-order valence-electron chi connectivity index (χ3n) is 1.52. The molecule has 0 radical (unpaired) electrons. The number of aliphatic hydroxyl groups is 1. The predicted molar refractivity (Wildman–Crippen MR) is 46.6 cm³/mol. The summed E-state index contributed by atoms with van der Waals surface area (Å²) in [4.78, 5) is 4.23. The van der Waals surface area contributed by atoms with Crippen molar-refractivity contribution >= 4 is 11.3 Å². The zero-order chi connectivity index (χ0) is 8.10. The number of aliphatic hydroxyl groups excluding tert-OH is 1. The summed E-state index contributed by atoms with van der Waals surface area (Å²) in [6.07, 6.45) is 3.44. The van der Waals surface area contributed by atoms with Gasteiger partial charge in [0, 0.05) is 5.38 Å². The van der Waals surface area contributed by atoms with Crippen LogP contribution in [0.3, 0.4) is 0 Å². The molecular formula is C8H13NOS. The van der Waals surface area contributed by atoms with Crippen LogP contribution in [0.4, 0.5) is 0 Å². The van der Waals surface area contributed by atoms with Gasteiger partial charge in [0.05, 0.1) is 12.3 Å². The molecule has 0 aliphatic heterocycles. The second-order valence-corrected chi connectivity index (χ2v) is 3.44. The van der Waals surface area contributed by atoms with Gasteiger partial charge in [-0.2, -0.15) is 0 Å². The third-order valence-corrected chi connectivity index (χ3v) is 2.40. The molecule has 11 heavy (non-hydrogen) atoms. The molecule has 0 fully saturated rings. The van der Waals surface area contributed by atoms with Crippen LogP contribution in [0.2, 0.25) is 0 Å². The molecule has 0 saturated carbocycles. The number of nitrogens with zero attached hydrogens (tertiary/aromatic N) is 1. The monoisotopic (exact) mass is 171 g/mol. The van der Waals surface area contributed by atoms with Crippen molar-refractivity contribution in [1.82, 2.24) is 4.98 Å². The second-order valence-electron chi connectivity index (χ2n) is 2.49. The summed E-state index contributed by atoms with van der Waals surface area (Å²) in [5.41, 5.74) is 1.13. The van der Waals surface area contributed by atoms with Gasteiger partial charge >= 0.3 is 0 Å². The van der Waals surface area contributed by atoms with Gasteiger partial charge in [0.15, 0.2) is 0 Å². The number of rotatable bonds is 4. The van der Waals surface area contributed by atoms with Crippen LogP contribution in [0.25, 0.3) is 0 Å². The largest absolute Gasteiger partial charge is 0.389 e. The highest BCUT2D eigenvalue weighted by Crippen LogP contribution is 2.11. The minimum absolute atomic E-state index is 0.0802. The summed E-state index contributed by atoms with van der Waals surface area (Å²) < 4.78 is 0. The normalized spacial score (nSPS) is 10.4. The zero-order valence-electron chi connectivity index (χ0n) is 6.71. The molecule has 0 saturated heterocycles. The van der Waals surface area contributed by atoms with Gasteiger partial charge in [-0.1, -0.05) is 13.3 Å². The average Bonchev–Trinajstić information content (AvgIpc) is 2.48. The lowest BCUT2D eigenvalue weighted by atomic mass is 10.2. The van der Waals surface area contributed by atoms with Gasteiger partial charge in [-0.3, -0.25) is 0 Å². The van der Waals surface area contributed by atoms with Crippen molar-refractivity contribution in [3.8, 4) is 0 Å². The van der Waals surface area contributed by atoms with Crippen LogP contribution in [0.15, 0.2) is 5.38 Å². The topological polar surface area (TPSA) is 33.1 Å². The highest BCUT2D eigenvalue weighted by atomic mass is 32.1. The van der Waals surface area contributed by atoms with Crippen molar-refractivity contribution in [2.75, 3.05) is 0 Å². The van der Waals surface area contributed by atoms with E-state index in [9.17, 15) is 0 Å². The van der Waals surface area contributed by atoms with E-state index in [-0.39, 0.29) is 6.61 Å². The van der Waals surface area contributed by atoms with Crippen molar-refractivity contribution in [2.45, 2.75) is 32.8 Å². The molecule has 62 valence electrons. The lowest BCUT2D eigenvalue weighted by Gasteiger charge is -1.90. The number of thiazole rings is 1. The van der Waals surface area contributed by atoms with Gasteiger partial charge < -0.3 is 5.11 Å². The summed E-state index contributed by atoms with van der Waals surface area (Å²) in [7, 11) is 0. The Morgan fingerprint density at radius 1 is 1.64 bits per heavy atom. The molecule has 0 unspecified atom stereocenters. The molecule has 0 atom stereocenters. The number of hydrogen-bond donors (Lipinski definition) is 1. The maximum absolute atomic E-state index is 8.72. The molecule has 3 heteroatoms. The van der Waals surface area contributed by atoms with Crippen molar-refractivity contribution in [2.24, 2.45) is 0 Å². The van der Waals surface area contributed by atoms with Crippen LogP contribution >= 0.6 is 11.3 Å². The van der Waals surface area contributed by atoms with Crippen LogP contribution in [-0.4, -0.2) is 10.1 Å². The standard InChI is InChI=1S/C8H13NOS/c1-2-3-4-7-6-11-8(5-10)9-7/h6,10H,2-5H2,1H3. The first-order chi connectivity index (χ1) is 5.36. The number of aromatic nitrogens is 1. The SMILES string of the molecule is CCCCc1csc(CO)n1. The van der Waals surface area contributed by atoms with E-state index in [1.807, 2.05) is 5.38 Å². The summed E-state index contributed by atoms with van der Waals surface area (Å²) >= 11 is 1.54. The van der Waals surface area contributed by atoms with E-state index in [4.69, 9.17) is 5.11 Å². The van der Waals surface area contributed by atoms with Gasteiger partial charge in [0.2, 0.25) is 0 Å². The fraction of sp³-hybridized carbons (Fsp3) is 0.625. The first-order valence-corrected chi connectivity index (χ1v) is 4.79. The second kappa shape index (κ2) is 4.46. The first kappa shape index (κ1) is 8.68. The van der Waals surface area contributed by atoms with Crippen molar-refractivity contribution in [1.29, 1.82) is 0 Å². The van der Waals surface area contributed by atoms with Crippen LogP contribution in [0.5, 0.6) is 0 Å². The molecule has 1 aromatic rings. The lowest BCUT2D eigenvalue weighted by Crippen LogP contribution is -1.86. The van der Waals surface area contributed by atoms with Gasteiger partial charge in [0.1, 0.15) is 5.01 Å². The lowest BCUT2D eigenvalue weighted by molar-refractivity contribution is 0.281. The highest BCUT2D eigenvalue weighted by molar-refractivity contribution is 7.09. The summed E-state index contributed by atoms with van der Waals surface area (Å²) in [5, 5.41) is 11.6. The quantitative estimate of drug-likeness (QED) is 0.751. The smallest absolute Gasteiger partial charge is 0.118 e. The molecule has 1 N–H and O–H groups in total. The Hall–Kier alpha value is -0.410. The van der Waals surface area contributed by atoms with E-state index in [0.29, 0.717) is 0 Å². The van der Waals surface area contributed by atoms with Gasteiger partial charge in [-0.25, -0.2) is 4.98 Å². The van der Waals surface area contributed by atoms with E-state index < -0.39 is 0 Å². The Morgan fingerprint density at radius 3 is 3.00 bits per heavy atom. The third kappa shape index (κ3) is 2.60. The molecule has 1 heterocycles. The minimum Gasteiger partial charge on any atom is -0.389 e. The fourth-order valence-electron chi connectivity index (χ4n) is 0.894. The van der Waals surface area contributed by atoms with E-state index >= 15 is 0 Å². The zero-order valence-corrected chi connectivity index (χ0v) is 7.52. The number of aryl methyl sites for hydroxylation is 1. The Morgan fingerprint density at radius 2 is 2.45 bits per heavy atom. The molecule has 0 aliphatic carbocycles. The highest BCUT2D eigenvalue weighted by Gasteiger charge is 1.98. The fourth-order valence-corrected chi connectivity index (χ4v) is 1.58. The molecule has 0 aromatic carbocycles. The van der Waals surface area contributed by atoms with Crippen LogP contribution in [0.1, 0.15) is 30.5 Å². The Kier molecular flexibility index (Phi) is 3.52. The van der Waals surface area contributed by atoms with E-state index in [0.717, 1.165) is 17.1 Å². The number of hydrogen-bond acceptors (Lipinski definition) is 3. The van der Waals surface area contributed by atoms with Crippen LogP contribution < -0.4 is 0 Å². The van der Waals surface area contributed by atoms with Crippen LogP contribution in [0, 0.1) is 0 Å². The molecule has 0 spiro atoms. The maximum atomic E-state index is 8.72. The van der Waals surface area contributed by atoms with Crippen molar-refractivity contribution < 1.29 is 5.11 Å². The summed E-state index contributed by atoms with van der Waals surface area (Å²) in [6, 6.07) is 0. The van der Waals surface area contributed by atoms with Gasteiger partial charge in [-0.05, 0) is 12.8 Å². The Balaban J connectivity index is 2.44. The predicted octanol–water partition coefficient (Wildman–Crippen LogP) is 1.98. The van der Waals surface area contributed by atoms with E-state index in [1.165, 1.54) is 24.2 Å². The van der Waals surface area contributed by atoms with Crippen LogP contribution in [-0.2, 0) is 13.0 Å². The van der Waals surface area contributed by atoms with E-state index in [2.05, 4.69) is 11.9 Å². The average molecular weight is 171 g/mol. The molecule has 1 rings (SSSR count). The molecule has 2 nitrogen and oxygen atoms in total. The van der Waals surface area contributed by atoms with Gasteiger partial charge in [-0.15, -0.1) is 11.3 Å². The molecule has 0 amide bonds. The summed E-state index contributed by atoms with van der Waals surface area (Å²) in [5.74, 6) is 0. The molecule has 0 bridgehead atoms. The first-order valence-electron chi connectivity index (χ1n) is 3.91. The Labute approximate surface area is 70.9 Å². The molecule has 1 aromatic heterocycles. The molecular weight excluding hydrogens is 158 g/mol. The maximum Gasteiger partial charge on any atom is 0.118 e. The van der Waals surface area contributed by atoms with Crippen molar-refractivity contribution in [3.63, 3.8) is 0 Å². The Bertz CT molecular complexity index is 210. The minimum atomic E-state index is 0.0802. The summed E-state index contributed by atoms with van der Waals surface area (Å²) in [6.45, 7) is 2.25. The van der Waals surface area contributed by atoms with E-state index in [1.54, 1.807) is 0 Å². The molecule has 0 aliphatic rings. The van der Waals surface area contributed by atoms with Gasteiger partial charge in [0.25, 0.3) is 0 Å².